The van der Waals surface area contributed by atoms with Crippen molar-refractivity contribution in [2.45, 2.75) is 20.3 Å². The van der Waals surface area contributed by atoms with E-state index >= 15 is 0 Å². The fourth-order valence-electron chi connectivity index (χ4n) is 4.12. The third-order valence-corrected chi connectivity index (χ3v) is 5.50. The first-order chi connectivity index (χ1) is 13.9. The van der Waals surface area contributed by atoms with E-state index in [9.17, 15) is 9.59 Å². The standard InChI is InChI=1S/C20H38N6O3.HI/c1-16-11-17(2)14-26(13-16)19(28)15-24-6-8-25(9-7-24)20(21-3)23-12-18(27)22-5-10-29-4;/h16-17H,5-15H2,1-4H3,(H,21,23)(H,22,27);1H. The lowest BCUT2D eigenvalue weighted by atomic mass is 9.92. The number of likely N-dealkylation sites (tertiary alicyclic amines) is 1. The Morgan fingerprint density at radius 3 is 2.23 bits per heavy atom. The summed E-state index contributed by atoms with van der Waals surface area (Å²) >= 11 is 0. The van der Waals surface area contributed by atoms with Crippen LogP contribution in [0, 0.1) is 11.8 Å². The number of halogens is 1. The average molecular weight is 538 g/mol. The monoisotopic (exact) mass is 538 g/mol. The van der Waals surface area contributed by atoms with E-state index in [1.54, 1.807) is 14.2 Å². The Morgan fingerprint density at radius 2 is 1.67 bits per heavy atom. The van der Waals surface area contributed by atoms with Crippen molar-refractivity contribution in [2.24, 2.45) is 16.8 Å². The molecule has 0 spiro atoms. The summed E-state index contributed by atoms with van der Waals surface area (Å²) in [5, 5.41) is 5.89. The van der Waals surface area contributed by atoms with Crippen LogP contribution in [-0.2, 0) is 14.3 Å². The van der Waals surface area contributed by atoms with Crippen LogP contribution in [0.5, 0.6) is 0 Å². The number of aliphatic imine (C=N–C) groups is 1. The molecule has 0 bridgehead atoms. The Hall–Kier alpha value is -1.14. The second-order valence-corrected chi connectivity index (χ2v) is 8.25. The van der Waals surface area contributed by atoms with Crippen molar-refractivity contribution in [1.82, 2.24) is 25.3 Å². The Morgan fingerprint density at radius 1 is 1.03 bits per heavy atom. The summed E-state index contributed by atoms with van der Waals surface area (Å²) < 4.78 is 4.92. The number of nitrogens with zero attached hydrogens (tertiary/aromatic N) is 4. The minimum absolute atomic E-state index is 0. The first kappa shape index (κ1) is 26.9. The molecule has 2 N–H and O–H groups in total. The molecule has 0 saturated carbocycles. The van der Waals surface area contributed by atoms with E-state index in [1.807, 2.05) is 4.90 Å². The molecular formula is C20H39IN6O3. The largest absolute Gasteiger partial charge is 0.383 e. The molecule has 0 aromatic rings. The van der Waals surface area contributed by atoms with Gasteiger partial charge < -0.3 is 25.2 Å². The van der Waals surface area contributed by atoms with Gasteiger partial charge in [0, 0.05) is 60.0 Å². The van der Waals surface area contributed by atoms with Gasteiger partial charge in [0.2, 0.25) is 11.8 Å². The fraction of sp³-hybridized carbons (Fsp3) is 0.850. The highest BCUT2D eigenvalue weighted by atomic mass is 127. The van der Waals surface area contributed by atoms with Crippen LogP contribution in [-0.4, -0.2) is 112 Å². The molecule has 0 aromatic heterocycles. The van der Waals surface area contributed by atoms with Crippen molar-refractivity contribution in [3.8, 4) is 0 Å². The summed E-state index contributed by atoms with van der Waals surface area (Å²) in [5.74, 6) is 2.04. The number of rotatable bonds is 7. The van der Waals surface area contributed by atoms with Gasteiger partial charge in [-0.15, -0.1) is 24.0 Å². The van der Waals surface area contributed by atoms with Gasteiger partial charge in [0.05, 0.1) is 19.7 Å². The Labute approximate surface area is 198 Å². The molecule has 2 amide bonds. The summed E-state index contributed by atoms with van der Waals surface area (Å²) in [5.41, 5.74) is 0. The molecule has 2 aliphatic heterocycles. The SMILES string of the molecule is CN=C(NCC(=O)NCCOC)N1CCN(CC(=O)N2CC(C)CC(C)C2)CC1.I. The zero-order valence-electron chi connectivity index (χ0n) is 18.9. The van der Waals surface area contributed by atoms with Crippen LogP contribution in [0.15, 0.2) is 4.99 Å². The van der Waals surface area contributed by atoms with Crippen molar-refractivity contribution >= 4 is 41.8 Å². The number of amides is 2. The van der Waals surface area contributed by atoms with Gasteiger partial charge in [-0.3, -0.25) is 19.5 Å². The highest BCUT2D eigenvalue weighted by Gasteiger charge is 2.28. The van der Waals surface area contributed by atoms with Gasteiger partial charge in [-0.05, 0) is 18.3 Å². The van der Waals surface area contributed by atoms with Crippen LogP contribution < -0.4 is 10.6 Å². The zero-order chi connectivity index (χ0) is 21.2. The predicted octanol–water partition coefficient (Wildman–Crippen LogP) is 0.0645. The van der Waals surface area contributed by atoms with E-state index in [0.717, 1.165) is 45.2 Å². The molecule has 2 heterocycles. The van der Waals surface area contributed by atoms with E-state index < -0.39 is 0 Å². The van der Waals surface area contributed by atoms with Crippen LogP contribution in [0.1, 0.15) is 20.3 Å². The van der Waals surface area contributed by atoms with Crippen LogP contribution in [0.3, 0.4) is 0 Å². The molecule has 2 aliphatic rings. The second kappa shape index (κ2) is 14.0. The lowest BCUT2D eigenvalue weighted by Gasteiger charge is -2.39. The number of ether oxygens (including phenoxy) is 1. The van der Waals surface area contributed by atoms with Gasteiger partial charge in [0.25, 0.3) is 0 Å². The van der Waals surface area contributed by atoms with Gasteiger partial charge in [-0.1, -0.05) is 13.8 Å². The van der Waals surface area contributed by atoms with Gasteiger partial charge >= 0.3 is 0 Å². The van der Waals surface area contributed by atoms with Crippen LogP contribution in [0.4, 0.5) is 0 Å². The highest BCUT2D eigenvalue weighted by molar-refractivity contribution is 14.0. The van der Waals surface area contributed by atoms with Gasteiger partial charge in [0.1, 0.15) is 0 Å². The van der Waals surface area contributed by atoms with E-state index in [0.29, 0.717) is 31.5 Å². The summed E-state index contributed by atoms with van der Waals surface area (Å²) in [6, 6.07) is 0. The van der Waals surface area contributed by atoms with Crippen LogP contribution >= 0.6 is 24.0 Å². The normalized spacial score (nSPS) is 23.0. The molecule has 174 valence electrons. The molecule has 0 aromatic carbocycles. The molecule has 2 unspecified atom stereocenters. The Kier molecular flexibility index (Phi) is 12.6. The minimum atomic E-state index is -0.0857. The molecule has 0 radical (unpaired) electrons. The molecule has 0 aliphatic carbocycles. The first-order valence-electron chi connectivity index (χ1n) is 10.6. The number of piperazine rings is 1. The van der Waals surface area contributed by atoms with E-state index in [1.165, 1.54) is 6.42 Å². The Bertz CT molecular complexity index is 559. The second-order valence-electron chi connectivity index (χ2n) is 8.25. The maximum atomic E-state index is 12.7. The number of hydrogen-bond acceptors (Lipinski definition) is 5. The van der Waals surface area contributed by atoms with E-state index in [4.69, 9.17) is 4.74 Å². The summed E-state index contributed by atoms with van der Waals surface area (Å²) in [6.07, 6.45) is 1.21. The summed E-state index contributed by atoms with van der Waals surface area (Å²) in [7, 11) is 3.33. The average Bonchev–Trinajstić information content (AvgIpc) is 2.69. The van der Waals surface area contributed by atoms with E-state index in [-0.39, 0.29) is 42.3 Å². The molecule has 2 rings (SSSR count). The quantitative estimate of drug-likeness (QED) is 0.207. The maximum Gasteiger partial charge on any atom is 0.239 e. The molecular weight excluding hydrogens is 499 g/mol. The van der Waals surface area contributed by atoms with E-state index in [2.05, 4.69) is 39.3 Å². The summed E-state index contributed by atoms with van der Waals surface area (Å²) in [6.45, 7) is 11.1. The number of nitrogens with one attached hydrogen (secondary N) is 2. The fourth-order valence-corrected chi connectivity index (χ4v) is 4.12. The number of piperidine rings is 1. The number of hydrogen-bond donors (Lipinski definition) is 2. The van der Waals surface area contributed by atoms with Gasteiger partial charge in [-0.25, -0.2) is 0 Å². The smallest absolute Gasteiger partial charge is 0.239 e. The number of methoxy groups -OCH3 is 1. The molecule has 2 fully saturated rings. The highest BCUT2D eigenvalue weighted by Crippen LogP contribution is 2.21. The van der Waals surface area contributed by atoms with Gasteiger partial charge in [-0.2, -0.15) is 0 Å². The van der Waals surface area contributed by atoms with Crippen molar-refractivity contribution in [2.75, 3.05) is 79.7 Å². The molecule has 10 heteroatoms. The van der Waals surface area contributed by atoms with Crippen molar-refractivity contribution < 1.29 is 14.3 Å². The number of guanidine groups is 1. The Balaban J connectivity index is 0.00000450. The van der Waals surface area contributed by atoms with Crippen LogP contribution in [0.25, 0.3) is 0 Å². The van der Waals surface area contributed by atoms with Crippen molar-refractivity contribution in [3.05, 3.63) is 0 Å². The first-order valence-corrected chi connectivity index (χ1v) is 10.6. The van der Waals surface area contributed by atoms with Crippen LogP contribution in [0.2, 0.25) is 0 Å². The van der Waals surface area contributed by atoms with Crippen molar-refractivity contribution in [1.29, 1.82) is 0 Å². The number of carbonyl (C=O) groups is 2. The minimum Gasteiger partial charge on any atom is -0.383 e. The lowest BCUT2D eigenvalue weighted by Crippen LogP contribution is -2.55. The molecule has 30 heavy (non-hydrogen) atoms. The summed E-state index contributed by atoms with van der Waals surface area (Å²) in [4.78, 5) is 35.2. The molecule has 9 nitrogen and oxygen atoms in total. The third kappa shape index (κ3) is 8.93. The predicted molar refractivity (Wildman–Crippen MR) is 129 cm³/mol. The molecule has 2 saturated heterocycles. The van der Waals surface area contributed by atoms with Crippen molar-refractivity contribution in [3.63, 3.8) is 0 Å². The maximum absolute atomic E-state index is 12.7. The molecule has 2 atom stereocenters. The lowest BCUT2D eigenvalue weighted by molar-refractivity contribution is -0.135. The third-order valence-electron chi connectivity index (χ3n) is 5.50. The zero-order valence-corrected chi connectivity index (χ0v) is 21.2. The topological polar surface area (TPSA) is 89.5 Å². The van der Waals surface area contributed by atoms with Gasteiger partial charge in [0.15, 0.2) is 5.96 Å². The number of carbonyl (C=O) groups excluding carboxylic acids is 2.